The van der Waals surface area contributed by atoms with Gasteiger partial charge in [-0.15, -0.1) is 0 Å². The van der Waals surface area contributed by atoms with Gasteiger partial charge in [0.25, 0.3) is 0 Å². The zero-order chi connectivity index (χ0) is 37.9. The first kappa shape index (κ1) is 38.5. The molecule has 3 fully saturated rings. The van der Waals surface area contributed by atoms with Crippen LogP contribution in [0.4, 0.5) is 34.1 Å². The van der Waals surface area contributed by atoms with E-state index in [1.165, 1.54) is 6.07 Å². The Morgan fingerprint density at radius 3 is 2.19 bits per heavy atom. The van der Waals surface area contributed by atoms with Crippen molar-refractivity contribution in [2.45, 2.75) is 69.6 Å². The molecule has 5 N–H and O–H groups in total. The van der Waals surface area contributed by atoms with Gasteiger partial charge in [-0.3, -0.25) is 14.5 Å². The van der Waals surface area contributed by atoms with Gasteiger partial charge in [-0.05, 0) is 99.2 Å². The molecule has 0 saturated carbocycles. The number of carboxylic acid groups (broad SMARTS) is 1. The molecule has 0 aromatic heterocycles. The molecule has 53 heavy (non-hydrogen) atoms. The number of nitrogens with zero attached hydrogens (tertiary/aromatic N) is 4. The van der Waals surface area contributed by atoms with Gasteiger partial charge in [0.1, 0.15) is 6.04 Å². The first-order chi connectivity index (χ1) is 25.3. The molecule has 3 saturated heterocycles. The second-order valence-electron chi connectivity index (χ2n) is 14.7. The van der Waals surface area contributed by atoms with Crippen LogP contribution in [-0.4, -0.2) is 113 Å². The predicted octanol–water partition coefficient (Wildman–Crippen LogP) is 5.15. The number of hydrogen-bond acceptors (Lipinski definition) is 6. The van der Waals surface area contributed by atoms with Crippen molar-refractivity contribution in [3.8, 4) is 0 Å². The number of para-hydroxylation sites is 1. The number of hydrogen-bond donors (Lipinski definition) is 4. The van der Waals surface area contributed by atoms with Gasteiger partial charge in [-0.1, -0.05) is 29.8 Å². The number of aliphatic carboxylic acids is 1. The van der Waals surface area contributed by atoms with Gasteiger partial charge in [0, 0.05) is 50.9 Å². The SMILES string of the molecule is Nc1c(Cl)cc(C[C@@H](NC(=O)N2CCC(N3CCc4ccccc4NC3=O)CC2)C(=O)N2CCC(C3CCN(CC(=O)O)CC3)CC2)cc1C(F)(F)F. The maximum atomic E-state index is 14.1. The van der Waals surface area contributed by atoms with Gasteiger partial charge < -0.3 is 36.2 Å². The van der Waals surface area contributed by atoms with Crippen LogP contribution in [-0.2, 0) is 28.6 Å². The van der Waals surface area contributed by atoms with Gasteiger partial charge in [0.2, 0.25) is 5.91 Å². The maximum absolute atomic E-state index is 14.1. The number of benzene rings is 2. The van der Waals surface area contributed by atoms with Crippen LogP contribution in [0.1, 0.15) is 55.2 Å². The summed E-state index contributed by atoms with van der Waals surface area (Å²) in [5.41, 5.74) is 5.93. The third kappa shape index (κ3) is 9.29. The van der Waals surface area contributed by atoms with Crippen molar-refractivity contribution < 1.29 is 37.5 Å². The average Bonchev–Trinajstić information content (AvgIpc) is 3.30. The van der Waals surface area contributed by atoms with Crippen LogP contribution in [0.2, 0.25) is 5.02 Å². The molecule has 16 heteroatoms. The lowest BCUT2D eigenvalue weighted by Gasteiger charge is -2.41. The van der Waals surface area contributed by atoms with Crippen molar-refractivity contribution >= 4 is 46.9 Å². The number of halogens is 4. The summed E-state index contributed by atoms with van der Waals surface area (Å²) >= 11 is 6.13. The fourth-order valence-electron chi connectivity index (χ4n) is 8.41. The Morgan fingerprint density at radius 1 is 0.925 bits per heavy atom. The molecule has 2 aromatic carbocycles. The fourth-order valence-corrected chi connectivity index (χ4v) is 8.65. The third-order valence-electron chi connectivity index (χ3n) is 11.4. The molecule has 5 amide bonds. The Morgan fingerprint density at radius 2 is 1.55 bits per heavy atom. The number of likely N-dealkylation sites (tertiary alicyclic amines) is 3. The quantitative estimate of drug-likeness (QED) is 0.272. The highest BCUT2D eigenvalue weighted by Crippen LogP contribution is 2.38. The minimum absolute atomic E-state index is 0.0271. The van der Waals surface area contributed by atoms with Gasteiger partial charge in [-0.25, -0.2) is 9.59 Å². The number of carbonyl (C=O) groups excluding carboxylic acids is 3. The number of nitrogens with two attached hydrogens (primary N) is 1. The number of carbonyl (C=O) groups is 4. The van der Waals surface area contributed by atoms with Gasteiger partial charge in [-0.2, -0.15) is 13.2 Å². The van der Waals surface area contributed by atoms with Crippen molar-refractivity contribution in [3.63, 3.8) is 0 Å². The summed E-state index contributed by atoms with van der Waals surface area (Å²) in [7, 11) is 0. The molecule has 4 aliphatic heterocycles. The second kappa shape index (κ2) is 16.4. The molecule has 4 aliphatic rings. The van der Waals surface area contributed by atoms with Crippen LogP contribution in [0.25, 0.3) is 0 Å². The summed E-state index contributed by atoms with van der Waals surface area (Å²) in [6.45, 7) is 3.53. The van der Waals surface area contributed by atoms with Crippen LogP contribution in [0, 0.1) is 11.8 Å². The van der Waals surface area contributed by atoms with E-state index in [4.69, 9.17) is 22.4 Å². The number of anilines is 2. The van der Waals surface area contributed by atoms with E-state index < -0.39 is 35.5 Å². The monoisotopic (exact) mass is 761 g/mol. The molecule has 12 nitrogen and oxygen atoms in total. The van der Waals surface area contributed by atoms with E-state index in [2.05, 4.69) is 10.6 Å². The molecular weight excluding hydrogens is 715 g/mol. The summed E-state index contributed by atoms with van der Waals surface area (Å²) < 4.78 is 41.6. The van der Waals surface area contributed by atoms with E-state index in [0.29, 0.717) is 76.9 Å². The van der Waals surface area contributed by atoms with Crippen molar-refractivity contribution in [2.75, 3.05) is 63.4 Å². The summed E-state index contributed by atoms with van der Waals surface area (Å²) in [5.74, 6) is -0.439. The predicted molar refractivity (Wildman–Crippen MR) is 193 cm³/mol. The number of amides is 5. The summed E-state index contributed by atoms with van der Waals surface area (Å²) in [4.78, 5) is 59.0. The lowest BCUT2D eigenvalue weighted by atomic mass is 9.78. The molecule has 0 spiro atoms. The van der Waals surface area contributed by atoms with E-state index in [1.807, 2.05) is 34.1 Å². The molecular formula is C37H47ClF3N7O5. The topological polar surface area (TPSA) is 152 Å². The van der Waals surface area contributed by atoms with E-state index >= 15 is 0 Å². The molecule has 4 heterocycles. The molecule has 288 valence electrons. The summed E-state index contributed by atoms with van der Waals surface area (Å²) in [5, 5.41) is 14.7. The summed E-state index contributed by atoms with van der Waals surface area (Å²) in [6, 6.07) is 7.93. The van der Waals surface area contributed by atoms with Gasteiger partial charge >= 0.3 is 24.2 Å². The number of alkyl halides is 3. The lowest BCUT2D eigenvalue weighted by molar-refractivity contribution is -0.139. The Kier molecular flexibility index (Phi) is 11.9. The molecule has 0 unspecified atom stereocenters. The zero-order valence-electron chi connectivity index (χ0n) is 29.5. The van der Waals surface area contributed by atoms with Crippen LogP contribution in [0.5, 0.6) is 0 Å². The van der Waals surface area contributed by atoms with Crippen molar-refractivity contribution in [3.05, 3.63) is 58.1 Å². The second-order valence-corrected chi connectivity index (χ2v) is 15.1. The zero-order valence-corrected chi connectivity index (χ0v) is 30.3. The van der Waals surface area contributed by atoms with E-state index in [1.54, 1.807) is 9.80 Å². The molecule has 1 atom stereocenters. The minimum atomic E-state index is -4.77. The Hall–Kier alpha value is -4.24. The Labute approximate surface area is 311 Å². The number of urea groups is 2. The largest absolute Gasteiger partial charge is 0.480 e. The van der Waals surface area contributed by atoms with Crippen LogP contribution in [0.15, 0.2) is 36.4 Å². The highest BCUT2D eigenvalue weighted by molar-refractivity contribution is 6.33. The Balaban J connectivity index is 1.10. The standard InChI is InChI=1S/C37H47ClF3N7O5/c38-29-20-23(19-28(33(29)42)37(39,40)41)21-31(34(51)46-14-7-25(8-15-46)24-5-12-45(13-6-24)22-32(49)50)44-35(52)47-16-10-27(11-17-47)48-18-9-26-3-1-2-4-30(26)43-36(48)53/h1-4,19-20,24-25,27,31H,5-18,21-22,42H2,(H,43,53)(H,44,52)(H,49,50)/t31-/m1/s1. The number of carboxylic acids is 1. The first-order valence-electron chi connectivity index (χ1n) is 18.4. The number of nitrogen functional groups attached to an aromatic ring is 1. The third-order valence-corrected chi connectivity index (χ3v) is 11.7. The molecule has 0 radical (unpaired) electrons. The normalized spacial score (nSPS) is 20.4. The lowest BCUT2D eigenvalue weighted by Crippen LogP contribution is -2.57. The average molecular weight is 762 g/mol. The van der Waals surface area contributed by atoms with Crippen molar-refractivity contribution in [2.24, 2.45) is 11.8 Å². The first-order valence-corrected chi connectivity index (χ1v) is 18.7. The smallest absolute Gasteiger partial charge is 0.418 e. The van der Waals surface area contributed by atoms with Crippen molar-refractivity contribution in [1.82, 2.24) is 24.9 Å². The van der Waals surface area contributed by atoms with E-state index in [-0.39, 0.29) is 41.5 Å². The maximum Gasteiger partial charge on any atom is 0.418 e. The van der Waals surface area contributed by atoms with E-state index in [9.17, 15) is 32.3 Å². The summed E-state index contributed by atoms with van der Waals surface area (Å²) in [6.07, 6.45) is 0.0228. The van der Waals surface area contributed by atoms with E-state index in [0.717, 1.165) is 43.0 Å². The fraction of sp³-hybridized carbons (Fsp3) is 0.568. The molecule has 6 rings (SSSR count). The van der Waals surface area contributed by atoms with Crippen LogP contribution < -0.4 is 16.4 Å². The molecule has 0 aliphatic carbocycles. The number of fused-ring (bicyclic) bond motifs is 1. The van der Waals surface area contributed by atoms with Crippen LogP contribution in [0.3, 0.4) is 0 Å². The highest BCUT2D eigenvalue weighted by Gasteiger charge is 2.38. The Bertz CT molecular complexity index is 1670. The van der Waals surface area contributed by atoms with Gasteiger partial charge in [0.05, 0.1) is 22.8 Å². The number of piperidine rings is 3. The number of nitrogens with one attached hydrogen (secondary N) is 2. The molecule has 0 bridgehead atoms. The van der Waals surface area contributed by atoms with Crippen molar-refractivity contribution in [1.29, 1.82) is 0 Å². The molecule has 2 aromatic rings. The minimum Gasteiger partial charge on any atom is -0.480 e. The number of rotatable bonds is 8. The highest BCUT2D eigenvalue weighted by atomic mass is 35.5. The van der Waals surface area contributed by atoms with Gasteiger partial charge in [0.15, 0.2) is 0 Å². The van der Waals surface area contributed by atoms with Crippen LogP contribution >= 0.6 is 11.6 Å².